The standard InChI is InChI=1S/C32H52O6/c1-8-10-11-12-13-14-15-16-29(38-31(36)32(5,6)9-2)28-20-23(3)19-24(4)27(28)18-17-25(33)21-26(34)22-30(35)37-7/h17-20,25-26,29,33-34H,8-16,21-22H2,1-7H3/t25-,26-,29?/m1/s1. The van der Waals surface area contributed by atoms with Crippen LogP contribution in [0.1, 0.15) is 127 Å². The predicted molar refractivity (Wildman–Crippen MR) is 154 cm³/mol. The van der Waals surface area contributed by atoms with Crippen LogP contribution in [0.5, 0.6) is 0 Å². The summed E-state index contributed by atoms with van der Waals surface area (Å²) in [5.74, 6) is -0.719. The lowest BCUT2D eigenvalue weighted by atomic mass is 9.89. The molecule has 0 aliphatic heterocycles. The minimum absolute atomic E-state index is 0.0208. The SMILES string of the molecule is CCCCCCCCCC(OC(=O)C(C)(C)CC)c1cc(C)cc(C)c1C=C[C@@H](O)C[C@@H](O)CC(=O)OC. The van der Waals surface area contributed by atoms with Gasteiger partial charge < -0.3 is 19.7 Å². The maximum atomic E-state index is 13.1. The Kier molecular flexibility index (Phi) is 15.5. The molecule has 0 radical (unpaired) electrons. The highest BCUT2D eigenvalue weighted by atomic mass is 16.5. The number of hydrogen-bond donors (Lipinski definition) is 2. The van der Waals surface area contributed by atoms with Gasteiger partial charge in [0.1, 0.15) is 6.10 Å². The topological polar surface area (TPSA) is 93.1 Å². The van der Waals surface area contributed by atoms with Crippen molar-refractivity contribution in [2.75, 3.05) is 7.11 Å². The van der Waals surface area contributed by atoms with E-state index in [1.54, 1.807) is 6.08 Å². The van der Waals surface area contributed by atoms with Crippen LogP contribution in [0.15, 0.2) is 18.2 Å². The van der Waals surface area contributed by atoms with E-state index in [1.165, 1.54) is 39.2 Å². The summed E-state index contributed by atoms with van der Waals surface area (Å²) in [4.78, 5) is 24.5. The number of carbonyl (C=O) groups excluding carboxylic acids is 2. The van der Waals surface area contributed by atoms with E-state index in [-0.39, 0.29) is 24.9 Å². The molecule has 0 amide bonds. The summed E-state index contributed by atoms with van der Waals surface area (Å²) in [6, 6.07) is 4.15. The van der Waals surface area contributed by atoms with Crippen LogP contribution in [0, 0.1) is 19.3 Å². The normalized spacial score (nSPS) is 14.3. The van der Waals surface area contributed by atoms with E-state index in [1.807, 2.05) is 40.7 Å². The molecule has 3 atom stereocenters. The zero-order chi connectivity index (χ0) is 28.7. The van der Waals surface area contributed by atoms with Crippen LogP contribution < -0.4 is 0 Å². The maximum Gasteiger partial charge on any atom is 0.312 e. The quantitative estimate of drug-likeness (QED) is 0.154. The summed E-state index contributed by atoms with van der Waals surface area (Å²) in [6.07, 6.45) is 10.7. The molecule has 1 aromatic rings. The molecule has 0 bridgehead atoms. The number of esters is 2. The first-order valence-corrected chi connectivity index (χ1v) is 14.4. The van der Waals surface area contributed by atoms with Crippen molar-refractivity contribution >= 4 is 18.0 Å². The molecule has 0 aromatic heterocycles. The van der Waals surface area contributed by atoms with E-state index in [0.29, 0.717) is 6.42 Å². The molecule has 0 heterocycles. The van der Waals surface area contributed by atoms with E-state index in [2.05, 4.69) is 23.8 Å². The molecule has 0 saturated carbocycles. The lowest BCUT2D eigenvalue weighted by Crippen LogP contribution is -2.27. The minimum Gasteiger partial charge on any atom is -0.469 e. The third-order valence-electron chi connectivity index (χ3n) is 7.29. The number of benzene rings is 1. The Bertz CT molecular complexity index is 888. The number of unbranched alkanes of at least 4 members (excludes halogenated alkanes) is 6. The van der Waals surface area contributed by atoms with Crippen LogP contribution >= 0.6 is 0 Å². The van der Waals surface area contributed by atoms with Gasteiger partial charge in [-0.25, -0.2) is 0 Å². The first kappa shape index (κ1) is 33.8. The average Bonchev–Trinajstić information content (AvgIpc) is 2.86. The van der Waals surface area contributed by atoms with Gasteiger partial charge in [0.25, 0.3) is 0 Å². The van der Waals surface area contributed by atoms with Crippen molar-refractivity contribution in [2.24, 2.45) is 5.41 Å². The van der Waals surface area contributed by atoms with Crippen molar-refractivity contribution < 1.29 is 29.3 Å². The Labute approximate surface area is 230 Å². The Morgan fingerprint density at radius 2 is 1.63 bits per heavy atom. The van der Waals surface area contributed by atoms with Gasteiger partial charge in [0.2, 0.25) is 0 Å². The molecule has 0 aliphatic carbocycles. The largest absolute Gasteiger partial charge is 0.469 e. The van der Waals surface area contributed by atoms with Crippen molar-refractivity contribution in [3.8, 4) is 0 Å². The van der Waals surface area contributed by atoms with E-state index < -0.39 is 23.6 Å². The molecule has 0 aliphatic rings. The zero-order valence-electron chi connectivity index (χ0n) is 24.8. The summed E-state index contributed by atoms with van der Waals surface area (Å²) < 4.78 is 10.8. The van der Waals surface area contributed by atoms with Gasteiger partial charge >= 0.3 is 11.9 Å². The molecule has 6 heteroatoms. The first-order valence-electron chi connectivity index (χ1n) is 14.4. The third-order valence-corrected chi connectivity index (χ3v) is 7.29. The van der Waals surface area contributed by atoms with Crippen LogP contribution in [0.2, 0.25) is 0 Å². The Morgan fingerprint density at radius 3 is 2.24 bits per heavy atom. The Hall–Kier alpha value is -2.18. The number of hydrogen-bond acceptors (Lipinski definition) is 6. The van der Waals surface area contributed by atoms with Gasteiger partial charge in [-0.05, 0) is 58.1 Å². The molecule has 216 valence electrons. The number of rotatable bonds is 18. The second-order valence-corrected chi connectivity index (χ2v) is 11.2. The molecule has 1 rings (SSSR count). The van der Waals surface area contributed by atoms with Gasteiger partial charge in [-0.1, -0.05) is 82.2 Å². The van der Waals surface area contributed by atoms with Gasteiger partial charge in [-0.2, -0.15) is 0 Å². The summed E-state index contributed by atoms with van der Waals surface area (Å²) in [7, 11) is 1.27. The highest BCUT2D eigenvalue weighted by Crippen LogP contribution is 2.34. The molecule has 2 N–H and O–H groups in total. The number of aliphatic hydroxyl groups is 2. The van der Waals surface area contributed by atoms with E-state index in [4.69, 9.17) is 4.74 Å². The number of ether oxygens (including phenoxy) is 2. The second-order valence-electron chi connectivity index (χ2n) is 11.2. The van der Waals surface area contributed by atoms with Gasteiger partial charge in [0.05, 0.1) is 31.2 Å². The van der Waals surface area contributed by atoms with Crippen molar-refractivity contribution in [3.05, 3.63) is 40.5 Å². The van der Waals surface area contributed by atoms with E-state index in [0.717, 1.165) is 41.5 Å². The first-order chi connectivity index (χ1) is 17.9. The molecule has 6 nitrogen and oxygen atoms in total. The number of aliphatic hydroxyl groups excluding tert-OH is 2. The van der Waals surface area contributed by atoms with Crippen LogP contribution in [0.4, 0.5) is 0 Å². The fraction of sp³-hybridized carbons (Fsp3) is 0.688. The lowest BCUT2D eigenvalue weighted by Gasteiger charge is -2.27. The molecule has 1 unspecified atom stereocenters. The van der Waals surface area contributed by atoms with Crippen molar-refractivity contribution in [1.82, 2.24) is 0 Å². The molecule has 0 spiro atoms. The van der Waals surface area contributed by atoms with Gasteiger partial charge in [0.15, 0.2) is 0 Å². The van der Waals surface area contributed by atoms with Gasteiger partial charge in [0, 0.05) is 12.0 Å². The number of aryl methyl sites for hydroxylation is 2. The average molecular weight is 533 g/mol. The lowest BCUT2D eigenvalue weighted by molar-refractivity contribution is -0.160. The summed E-state index contributed by atoms with van der Waals surface area (Å²) in [5, 5.41) is 20.6. The van der Waals surface area contributed by atoms with Crippen molar-refractivity contribution in [2.45, 2.75) is 130 Å². The molecular weight excluding hydrogens is 480 g/mol. The summed E-state index contributed by atoms with van der Waals surface area (Å²) >= 11 is 0. The van der Waals surface area contributed by atoms with Crippen LogP contribution in [-0.4, -0.2) is 41.5 Å². The Balaban J connectivity index is 3.16. The van der Waals surface area contributed by atoms with Crippen LogP contribution in [0.25, 0.3) is 6.08 Å². The van der Waals surface area contributed by atoms with Crippen LogP contribution in [0.3, 0.4) is 0 Å². The summed E-state index contributed by atoms with van der Waals surface area (Å²) in [5.41, 5.74) is 3.38. The fourth-order valence-electron chi connectivity index (χ4n) is 4.43. The monoisotopic (exact) mass is 532 g/mol. The highest BCUT2D eigenvalue weighted by Gasteiger charge is 2.31. The molecule has 1 aromatic carbocycles. The highest BCUT2D eigenvalue weighted by molar-refractivity contribution is 5.76. The molecule has 38 heavy (non-hydrogen) atoms. The molecule has 0 saturated heterocycles. The van der Waals surface area contributed by atoms with Gasteiger partial charge in [-0.3, -0.25) is 9.59 Å². The minimum atomic E-state index is -0.997. The van der Waals surface area contributed by atoms with Gasteiger partial charge in [-0.15, -0.1) is 0 Å². The molecular formula is C32H52O6. The van der Waals surface area contributed by atoms with E-state index >= 15 is 0 Å². The zero-order valence-corrected chi connectivity index (χ0v) is 24.8. The predicted octanol–water partition coefficient (Wildman–Crippen LogP) is 7.15. The second kappa shape index (κ2) is 17.4. The maximum absolute atomic E-state index is 13.1. The van der Waals surface area contributed by atoms with Crippen LogP contribution in [-0.2, 0) is 19.1 Å². The third kappa shape index (κ3) is 12.1. The smallest absolute Gasteiger partial charge is 0.312 e. The fourth-order valence-corrected chi connectivity index (χ4v) is 4.43. The van der Waals surface area contributed by atoms with Crippen molar-refractivity contribution in [3.63, 3.8) is 0 Å². The number of methoxy groups -OCH3 is 1. The summed E-state index contributed by atoms with van der Waals surface area (Å²) in [6.45, 7) is 12.1. The van der Waals surface area contributed by atoms with Crippen molar-refractivity contribution in [1.29, 1.82) is 0 Å². The van der Waals surface area contributed by atoms with E-state index in [9.17, 15) is 19.8 Å². The number of carbonyl (C=O) groups is 2. The molecule has 0 fully saturated rings. The Morgan fingerprint density at radius 1 is 1.00 bits per heavy atom.